The number of sulfonamides is 1. The quantitative estimate of drug-likeness (QED) is 0.551. The predicted octanol–water partition coefficient (Wildman–Crippen LogP) is 4.14. The van der Waals surface area contributed by atoms with E-state index in [4.69, 9.17) is 26.2 Å². The first kappa shape index (κ1) is 22.6. The number of hydrogen-bond acceptors (Lipinski definition) is 5. The predicted molar refractivity (Wildman–Crippen MR) is 119 cm³/mol. The Kier molecular flexibility index (Phi) is 6.84. The molecule has 0 aliphatic heterocycles. The minimum atomic E-state index is -3.80. The van der Waals surface area contributed by atoms with Gasteiger partial charge in [0, 0.05) is 21.8 Å². The molecule has 0 aliphatic rings. The SMILES string of the molecule is COc1ccc(C(=O)Nc2ccc(S(N)(=O)=O)cc2)cc1COc1ccc(Cl)c(C)c1. The number of benzene rings is 3. The zero-order valence-corrected chi connectivity index (χ0v) is 18.5. The van der Waals surface area contributed by atoms with E-state index in [0.717, 1.165) is 5.56 Å². The van der Waals surface area contributed by atoms with Crippen LogP contribution in [0.4, 0.5) is 5.69 Å². The van der Waals surface area contributed by atoms with Crippen molar-refractivity contribution in [3.8, 4) is 11.5 Å². The molecule has 3 N–H and O–H groups in total. The maximum atomic E-state index is 12.7. The maximum Gasteiger partial charge on any atom is 0.255 e. The van der Waals surface area contributed by atoms with E-state index < -0.39 is 10.0 Å². The number of carbonyl (C=O) groups is 1. The van der Waals surface area contributed by atoms with E-state index in [1.54, 1.807) is 30.3 Å². The number of carbonyl (C=O) groups excluding carboxylic acids is 1. The fraction of sp³-hybridized carbons (Fsp3) is 0.136. The lowest BCUT2D eigenvalue weighted by Gasteiger charge is -2.13. The van der Waals surface area contributed by atoms with E-state index in [1.165, 1.54) is 31.4 Å². The average Bonchev–Trinajstić information content (AvgIpc) is 2.74. The number of anilines is 1. The van der Waals surface area contributed by atoms with E-state index in [2.05, 4.69) is 5.32 Å². The highest BCUT2D eigenvalue weighted by molar-refractivity contribution is 7.89. The summed E-state index contributed by atoms with van der Waals surface area (Å²) >= 11 is 6.04. The first-order chi connectivity index (χ1) is 14.7. The third-order valence-corrected chi connectivity index (χ3v) is 5.86. The smallest absolute Gasteiger partial charge is 0.255 e. The molecule has 0 unspecified atom stereocenters. The molecule has 0 aliphatic carbocycles. The zero-order chi connectivity index (χ0) is 22.6. The Morgan fingerprint density at radius 3 is 2.39 bits per heavy atom. The van der Waals surface area contributed by atoms with Crippen molar-refractivity contribution in [2.75, 3.05) is 12.4 Å². The van der Waals surface area contributed by atoms with Gasteiger partial charge in [0.05, 0.1) is 12.0 Å². The number of aryl methyl sites for hydroxylation is 1. The highest BCUT2D eigenvalue weighted by Gasteiger charge is 2.13. The Labute approximate surface area is 185 Å². The van der Waals surface area contributed by atoms with Crippen LogP contribution in [0.25, 0.3) is 0 Å². The normalized spacial score (nSPS) is 11.1. The molecule has 3 rings (SSSR count). The molecule has 9 heteroatoms. The third-order valence-electron chi connectivity index (χ3n) is 4.51. The number of nitrogens with two attached hydrogens (primary N) is 1. The fourth-order valence-electron chi connectivity index (χ4n) is 2.83. The molecule has 7 nitrogen and oxygen atoms in total. The van der Waals surface area contributed by atoms with Crippen LogP contribution in [0.5, 0.6) is 11.5 Å². The van der Waals surface area contributed by atoms with Crippen LogP contribution in [0.2, 0.25) is 5.02 Å². The van der Waals surface area contributed by atoms with Gasteiger partial charge >= 0.3 is 0 Å². The monoisotopic (exact) mass is 460 g/mol. The number of nitrogens with one attached hydrogen (secondary N) is 1. The standard InChI is InChI=1S/C22H21ClN2O5S/c1-14-11-18(6-9-20(14)23)30-13-16-12-15(3-10-21(16)29-2)22(26)25-17-4-7-19(8-5-17)31(24,27)28/h3-12H,13H2,1-2H3,(H,25,26)(H2,24,27,28). The Balaban J connectivity index is 1.75. The lowest BCUT2D eigenvalue weighted by molar-refractivity contribution is 0.102. The second-order valence-electron chi connectivity index (χ2n) is 6.75. The van der Waals surface area contributed by atoms with Crippen LogP contribution in [0.15, 0.2) is 65.6 Å². The molecule has 0 saturated heterocycles. The van der Waals surface area contributed by atoms with Crippen LogP contribution in [-0.4, -0.2) is 21.4 Å². The summed E-state index contributed by atoms with van der Waals surface area (Å²) in [7, 11) is -2.26. The van der Waals surface area contributed by atoms with Crippen LogP contribution in [0.1, 0.15) is 21.5 Å². The number of ether oxygens (including phenoxy) is 2. The van der Waals surface area contributed by atoms with Crippen LogP contribution >= 0.6 is 11.6 Å². The van der Waals surface area contributed by atoms with E-state index in [0.29, 0.717) is 33.3 Å². The number of primary sulfonamides is 1. The van der Waals surface area contributed by atoms with Crippen molar-refractivity contribution in [3.63, 3.8) is 0 Å². The molecule has 162 valence electrons. The number of halogens is 1. The molecule has 0 saturated carbocycles. The maximum absolute atomic E-state index is 12.7. The number of amides is 1. The lowest BCUT2D eigenvalue weighted by Crippen LogP contribution is -2.14. The molecule has 0 radical (unpaired) electrons. The fourth-order valence-corrected chi connectivity index (χ4v) is 3.46. The summed E-state index contributed by atoms with van der Waals surface area (Å²) in [5.41, 5.74) is 2.41. The molecular formula is C22H21ClN2O5S. The van der Waals surface area contributed by atoms with Gasteiger partial charge in [0.25, 0.3) is 5.91 Å². The van der Waals surface area contributed by atoms with Crippen molar-refractivity contribution in [1.82, 2.24) is 0 Å². The second kappa shape index (κ2) is 9.38. The molecule has 1 amide bonds. The van der Waals surface area contributed by atoms with Gasteiger partial charge in [-0.25, -0.2) is 13.6 Å². The molecule has 31 heavy (non-hydrogen) atoms. The molecule has 0 spiro atoms. The van der Waals surface area contributed by atoms with Gasteiger partial charge in [0.15, 0.2) is 0 Å². The molecule has 0 atom stereocenters. The van der Waals surface area contributed by atoms with Gasteiger partial charge in [0.1, 0.15) is 18.1 Å². The highest BCUT2D eigenvalue weighted by atomic mass is 35.5. The molecule has 0 aromatic heterocycles. The summed E-state index contributed by atoms with van der Waals surface area (Å²) in [6.07, 6.45) is 0. The number of rotatable bonds is 7. The summed E-state index contributed by atoms with van der Waals surface area (Å²) in [5, 5.41) is 8.46. The third kappa shape index (κ3) is 5.75. The summed E-state index contributed by atoms with van der Waals surface area (Å²) in [6.45, 7) is 2.07. The van der Waals surface area contributed by atoms with E-state index in [-0.39, 0.29) is 17.4 Å². The molecule has 3 aromatic rings. The minimum Gasteiger partial charge on any atom is -0.496 e. The van der Waals surface area contributed by atoms with Gasteiger partial charge in [-0.2, -0.15) is 0 Å². The summed E-state index contributed by atoms with van der Waals surface area (Å²) < 4.78 is 33.9. The Hall–Kier alpha value is -3.07. The first-order valence-electron chi connectivity index (χ1n) is 9.17. The van der Waals surface area contributed by atoms with Gasteiger partial charge in [-0.05, 0) is 73.2 Å². The highest BCUT2D eigenvalue weighted by Crippen LogP contribution is 2.25. The van der Waals surface area contributed by atoms with Crippen LogP contribution in [-0.2, 0) is 16.6 Å². The molecule has 0 fully saturated rings. The zero-order valence-electron chi connectivity index (χ0n) is 16.9. The lowest BCUT2D eigenvalue weighted by atomic mass is 10.1. The van der Waals surface area contributed by atoms with Gasteiger partial charge in [-0.15, -0.1) is 0 Å². The van der Waals surface area contributed by atoms with Crippen molar-refractivity contribution < 1.29 is 22.7 Å². The van der Waals surface area contributed by atoms with Crippen molar-refractivity contribution in [2.45, 2.75) is 18.4 Å². The van der Waals surface area contributed by atoms with Crippen molar-refractivity contribution in [1.29, 1.82) is 0 Å². The second-order valence-corrected chi connectivity index (χ2v) is 8.72. The molecule has 0 bridgehead atoms. The van der Waals surface area contributed by atoms with E-state index >= 15 is 0 Å². The Morgan fingerprint density at radius 1 is 1.06 bits per heavy atom. The largest absolute Gasteiger partial charge is 0.496 e. The average molecular weight is 461 g/mol. The van der Waals surface area contributed by atoms with Gasteiger partial charge in [-0.3, -0.25) is 4.79 Å². The molecular weight excluding hydrogens is 440 g/mol. The number of hydrogen-bond donors (Lipinski definition) is 2. The van der Waals surface area contributed by atoms with Gasteiger partial charge in [-0.1, -0.05) is 11.6 Å². The minimum absolute atomic E-state index is 0.0354. The van der Waals surface area contributed by atoms with Crippen LogP contribution < -0.4 is 19.9 Å². The van der Waals surface area contributed by atoms with Crippen molar-refractivity contribution >= 4 is 33.2 Å². The van der Waals surface area contributed by atoms with E-state index in [9.17, 15) is 13.2 Å². The van der Waals surface area contributed by atoms with Gasteiger partial charge in [0.2, 0.25) is 10.0 Å². The number of methoxy groups -OCH3 is 1. The van der Waals surface area contributed by atoms with E-state index in [1.807, 2.05) is 13.0 Å². The van der Waals surface area contributed by atoms with Crippen molar-refractivity contribution in [3.05, 3.63) is 82.4 Å². The Bertz CT molecular complexity index is 1210. The summed E-state index contributed by atoms with van der Waals surface area (Å²) in [5.74, 6) is 0.864. The summed E-state index contributed by atoms with van der Waals surface area (Å²) in [6, 6.07) is 15.9. The van der Waals surface area contributed by atoms with Crippen LogP contribution in [0.3, 0.4) is 0 Å². The first-order valence-corrected chi connectivity index (χ1v) is 11.1. The Morgan fingerprint density at radius 2 is 1.77 bits per heavy atom. The van der Waals surface area contributed by atoms with Gasteiger partial charge < -0.3 is 14.8 Å². The topological polar surface area (TPSA) is 108 Å². The molecule has 3 aromatic carbocycles. The van der Waals surface area contributed by atoms with Crippen molar-refractivity contribution in [2.24, 2.45) is 5.14 Å². The van der Waals surface area contributed by atoms with Crippen LogP contribution in [0, 0.1) is 6.92 Å². The summed E-state index contributed by atoms with van der Waals surface area (Å²) in [4.78, 5) is 12.6. The molecule has 0 heterocycles.